The molecule has 4 atom stereocenters. The number of anilines is 2. The van der Waals surface area contributed by atoms with Gasteiger partial charge in [-0.3, -0.25) is 4.57 Å². The molecular weight excluding hydrogens is 316 g/mol. The molecule has 3 rings (SSSR count). The topological polar surface area (TPSA) is 152 Å². The maximum atomic E-state index is 10.3. The van der Waals surface area contributed by atoms with Crippen LogP contribution in [0.15, 0.2) is 6.33 Å². The van der Waals surface area contributed by atoms with Gasteiger partial charge in [-0.25, -0.2) is 15.0 Å². The third-order valence-electron chi connectivity index (χ3n) is 4.09. The van der Waals surface area contributed by atoms with Crippen molar-refractivity contribution in [3.05, 3.63) is 6.33 Å². The Bertz CT molecular complexity index is 708. The highest BCUT2D eigenvalue weighted by Gasteiger charge is 2.45. The van der Waals surface area contributed by atoms with Gasteiger partial charge in [0.15, 0.2) is 23.2 Å². The summed E-state index contributed by atoms with van der Waals surface area (Å²) >= 11 is 0. The molecule has 132 valence electrons. The Morgan fingerprint density at radius 3 is 2.79 bits per heavy atom. The summed E-state index contributed by atoms with van der Waals surface area (Å²) in [5, 5.41) is 32.8. The smallest absolute Gasteiger partial charge is 0.207 e. The Balaban J connectivity index is 2.04. The van der Waals surface area contributed by atoms with Gasteiger partial charge in [-0.15, -0.1) is 0 Å². The lowest BCUT2D eigenvalue weighted by molar-refractivity contribution is -0.0501. The van der Waals surface area contributed by atoms with Crippen molar-refractivity contribution < 1.29 is 20.1 Å². The van der Waals surface area contributed by atoms with E-state index in [-0.39, 0.29) is 5.82 Å². The van der Waals surface area contributed by atoms with Gasteiger partial charge in [0.05, 0.1) is 6.61 Å². The van der Waals surface area contributed by atoms with Crippen molar-refractivity contribution in [1.29, 1.82) is 0 Å². The SMILES string of the molecule is CCCCNc1nc2c(N)ncnc2n1[C@@H]1O[C@H](CO)[C@H](O)[C@H]1O. The molecule has 10 nitrogen and oxygen atoms in total. The largest absolute Gasteiger partial charge is 0.394 e. The lowest BCUT2D eigenvalue weighted by Crippen LogP contribution is -2.33. The zero-order valence-corrected chi connectivity index (χ0v) is 13.3. The van der Waals surface area contributed by atoms with E-state index in [1.165, 1.54) is 6.33 Å². The normalized spacial score (nSPS) is 27.0. The van der Waals surface area contributed by atoms with Crippen molar-refractivity contribution in [2.24, 2.45) is 0 Å². The molecule has 6 N–H and O–H groups in total. The van der Waals surface area contributed by atoms with Crippen molar-refractivity contribution in [1.82, 2.24) is 19.5 Å². The highest BCUT2D eigenvalue weighted by Crippen LogP contribution is 2.34. The summed E-state index contributed by atoms with van der Waals surface area (Å²) in [7, 11) is 0. The number of imidazole rings is 1. The number of rotatable bonds is 6. The van der Waals surface area contributed by atoms with Crippen LogP contribution in [0.1, 0.15) is 26.0 Å². The second-order valence-corrected chi connectivity index (χ2v) is 5.75. The highest BCUT2D eigenvalue weighted by molar-refractivity contribution is 5.84. The van der Waals surface area contributed by atoms with Crippen LogP contribution >= 0.6 is 0 Å². The van der Waals surface area contributed by atoms with Gasteiger partial charge in [0.25, 0.3) is 0 Å². The van der Waals surface area contributed by atoms with E-state index in [0.717, 1.165) is 12.8 Å². The number of hydrogen-bond acceptors (Lipinski definition) is 9. The average Bonchev–Trinajstić information content (AvgIpc) is 3.07. The van der Waals surface area contributed by atoms with Crippen molar-refractivity contribution in [3.8, 4) is 0 Å². The number of nitrogens with two attached hydrogens (primary N) is 1. The maximum absolute atomic E-state index is 10.3. The molecule has 0 bridgehead atoms. The summed E-state index contributed by atoms with van der Waals surface area (Å²) < 4.78 is 7.15. The summed E-state index contributed by atoms with van der Waals surface area (Å²) in [6.45, 7) is 2.33. The van der Waals surface area contributed by atoms with E-state index in [1.54, 1.807) is 4.57 Å². The van der Waals surface area contributed by atoms with E-state index in [4.69, 9.17) is 10.5 Å². The summed E-state index contributed by atoms with van der Waals surface area (Å²) in [6.07, 6.45) is -1.04. The Kier molecular flexibility index (Phi) is 4.81. The van der Waals surface area contributed by atoms with Crippen LogP contribution < -0.4 is 11.1 Å². The molecular formula is C14H22N6O4. The number of nitrogens with one attached hydrogen (secondary N) is 1. The Morgan fingerprint density at radius 1 is 1.33 bits per heavy atom. The molecule has 1 aliphatic rings. The predicted octanol–water partition coefficient (Wildman–Crippen LogP) is -0.768. The molecule has 0 aromatic carbocycles. The molecule has 1 fully saturated rings. The van der Waals surface area contributed by atoms with Crippen LogP contribution in [0.3, 0.4) is 0 Å². The third-order valence-corrected chi connectivity index (χ3v) is 4.09. The van der Waals surface area contributed by atoms with Gasteiger partial charge >= 0.3 is 0 Å². The molecule has 0 aliphatic carbocycles. The van der Waals surface area contributed by atoms with E-state index in [1.807, 2.05) is 0 Å². The molecule has 1 aliphatic heterocycles. The first-order valence-corrected chi connectivity index (χ1v) is 7.93. The van der Waals surface area contributed by atoms with Gasteiger partial charge in [0, 0.05) is 6.54 Å². The quantitative estimate of drug-likeness (QED) is 0.428. The van der Waals surface area contributed by atoms with Crippen LogP contribution in [0.25, 0.3) is 11.2 Å². The summed E-state index contributed by atoms with van der Waals surface area (Å²) in [4.78, 5) is 12.5. The molecule has 10 heteroatoms. The minimum atomic E-state index is -1.23. The molecule has 0 amide bonds. The number of aromatic nitrogens is 4. The standard InChI is InChI=1S/C14H22N6O4/c1-2-3-4-16-14-19-8-11(15)17-6-18-12(8)20(14)13-10(23)9(22)7(5-21)24-13/h6-7,9-10,13,21-23H,2-5H2,1H3,(H,16,19)(H2,15,17,18)/t7-,9+,10-,13-/m1/s1. The molecule has 0 radical (unpaired) electrons. The number of nitrogens with zero attached hydrogens (tertiary/aromatic N) is 4. The van der Waals surface area contributed by atoms with Crippen LogP contribution in [0.5, 0.6) is 0 Å². The van der Waals surface area contributed by atoms with E-state index >= 15 is 0 Å². The van der Waals surface area contributed by atoms with Gasteiger partial charge in [0.1, 0.15) is 24.6 Å². The molecule has 24 heavy (non-hydrogen) atoms. The summed E-state index contributed by atoms with van der Waals surface area (Å²) in [6, 6.07) is 0. The van der Waals surface area contributed by atoms with E-state index in [0.29, 0.717) is 23.7 Å². The van der Waals surface area contributed by atoms with Crippen molar-refractivity contribution in [2.75, 3.05) is 24.2 Å². The monoisotopic (exact) mass is 338 g/mol. The first-order valence-electron chi connectivity index (χ1n) is 7.93. The zero-order chi connectivity index (χ0) is 17.3. The van der Waals surface area contributed by atoms with Crippen molar-refractivity contribution in [2.45, 2.75) is 44.3 Å². The van der Waals surface area contributed by atoms with E-state index in [9.17, 15) is 15.3 Å². The minimum Gasteiger partial charge on any atom is -0.394 e. The fraction of sp³-hybridized carbons (Fsp3) is 0.643. The predicted molar refractivity (Wildman–Crippen MR) is 86.1 cm³/mol. The fourth-order valence-electron chi connectivity index (χ4n) is 2.76. The van der Waals surface area contributed by atoms with E-state index in [2.05, 4.69) is 27.2 Å². The summed E-state index contributed by atoms with van der Waals surface area (Å²) in [5.74, 6) is 0.629. The molecule has 0 unspecified atom stereocenters. The number of fused-ring (bicyclic) bond motifs is 1. The molecule has 0 spiro atoms. The Morgan fingerprint density at radius 2 is 2.12 bits per heavy atom. The molecule has 0 saturated carbocycles. The number of ether oxygens (including phenoxy) is 1. The number of hydrogen-bond donors (Lipinski definition) is 5. The van der Waals surface area contributed by atoms with Gasteiger partial charge in [-0.2, -0.15) is 0 Å². The van der Waals surface area contributed by atoms with Crippen molar-refractivity contribution in [3.63, 3.8) is 0 Å². The Labute approximate surface area is 138 Å². The first-order chi connectivity index (χ1) is 11.6. The molecule has 3 heterocycles. The van der Waals surface area contributed by atoms with Gasteiger partial charge < -0.3 is 31.1 Å². The van der Waals surface area contributed by atoms with Crippen LogP contribution in [-0.4, -0.2) is 66.3 Å². The van der Waals surface area contributed by atoms with Crippen LogP contribution in [0.2, 0.25) is 0 Å². The number of aliphatic hydroxyl groups excluding tert-OH is 3. The number of unbranched alkanes of at least 4 members (excludes halogenated alkanes) is 1. The van der Waals surface area contributed by atoms with Crippen LogP contribution in [-0.2, 0) is 4.74 Å². The second-order valence-electron chi connectivity index (χ2n) is 5.75. The number of nitrogen functional groups attached to an aromatic ring is 1. The van der Waals surface area contributed by atoms with E-state index < -0.39 is 31.1 Å². The van der Waals surface area contributed by atoms with Crippen LogP contribution in [0.4, 0.5) is 11.8 Å². The lowest BCUT2D eigenvalue weighted by atomic mass is 10.1. The average molecular weight is 338 g/mol. The minimum absolute atomic E-state index is 0.212. The zero-order valence-electron chi connectivity index (χ0n) is 13.3. The lowest BCUT2D eigenvalue weighted by Gasteiger charge is -2.19. The van der Waals surface area contributed by atoms with Gasteiger partial charge in [-0.05, 0) is 6.42 Å². The third kappa shape index (κ3) is 2.77. The fourth-order valence-corrected chi connectivity index (χ4v) is 2.76. The van der Waals surface area contributed by atoms with Gasteiger partial charge in [0.2, 0.25) is 5.95 Å². The first kappa shape index (κ1) is 16.8. The molecule has 2 aromatic heterocycles. The highest BCUT2D eigenvalue weighted by atomic mass is 16.6. The van der Waals surface area contributed by atoms with Gasteiger partial charge in [-0.1, -0.05) is 13.3 Å². The second kappa shape index (κ2) is 6.85. The molecule has 2 aromatic rings. The van der Waals surface area contributed by atoms with Crippen molar-refractivity contribution >= 4 is 22.9 Å². The summed E-state index contributed by atoms with van der Waals surface area (Å²) in [5.41, 5.74) is 6.63. The number of aliphatic hydroxyl groups is 3. The maximum Gasteiger partial charge on any atom is 0.207 e. The molecule has 1 saturated heterocycles. The Hall–Kier alpha value is -2.01. The van der Waals surface area contributed by atoms with Crippen LogP contribution in [0, 0.1) is 0 Å².